The maximum absolute atomic E-state index is 11.2. The minimum absolute atomic E-state index is 0.642. The summed E-state index contributed by atoms with van der Waals surface area (Å²) in [6, 6.07) is 0. The van der Waals surface area contributed by atoms with Crippen molar-refractivity contribution in [2.45, 2.75) is 29.9 Å². The fourth-order valence-corrected chi connectivity index (χ4v) is 2.43. The SMILES string of the molecule is CS(=O)(=O)[C@@H]1O[C@H](CO)[C@@H](O)[C@H](O)[C@@H]1O. The summed E-state index contributed by atoms with van der Waals surface area (Å²) in [5, 5.41) is 36.8. The zero-order valence-corrected chi connectivity index (χ0v) is 8.83. The van der Waals surface area contributed by atoms with E-state index in [1.54, 1.807) is 0 Å². The fourth-order valence-electron chi connectivity index (χ4n) is 1.42. The highest BCUT2D eigenvalue weighted by Crippen LogP contribution is 2.23. The summed E-state index contributed by atoms with van der Waals surface area (Å²) in [5.74, 6) is 0. The number of sulfone groups is 1. The third-order valence-corrected chi connectivity index (χ3v) is 3.50. The van der Waals surface area contributed by atoms with E-state index in [-0.39, 0.29) is 0 Å². The van der Waals surface area contributed by atoms with Crippen LogP contribution in [0.25, 0.3) is 0 Å². The Hall–Kier alpha value is -0.250. The minimum atomic E-state index is -3.73. The third kappa shape index (κ3) is 2.47. The topological polar surface area (TPSA) is 124 Å². The Balaban J connectivity index is 2.93. The van der Waals surface area contributed by atoms with Crippen LogP contribution in [0, 0.1) is 0 Å². The molecule has 5 atom stereocenters. The van der Waals surface area contributed by atoms with Crippen molar-refractivity contribution in [3.05, 3.63) is 0 Å². The van der Waals surface area contributed by atoms with Crippen LogP contribution in [-0.4, -0.2) is 71.6 Å². The first kappa shape index (κ1) is 12.8. The van der Waals surface area contributed by atoms with Gasteiger partial charge < -0.3 is 25.2 Å². The van der Waals surface area contributed by atoms with Crippen LogP contribution in [0.5, 0.6) is 0 Å². The Labute approximate surface area is 86.8 Å². The molecule has 4 N–H and O–H groups in total. The van der Waals surface area contributed by atoms with Gasteiger partial charge in [0.1, 0.15) is 24.4 Å². The van der Waals surface area contributed by atoms with Gasteiger partial charge in [0.2, 0.25) is 0 Å². The molecule has 0 aromatic heterocycles. The van der Waals surface area contributed by atoms with E-state index < -0.39 is 46.3 Å². The van der Waals surface area contributed by atoms with Crippen LogP contribution >= 0.6 is 0 Å². The Morgan fingerprint density at radius 3 is 2.07 bits per heavy atom. The molecule has 90 valence electrons. The van der Waals surface area contributed by atoms with Gasteiger partial charge in [-0.1, -0.05) is 0 Å². The van der Waals surface area contributed by atoms with Crippen molar-refractivity contribution in [1.29, 1.82) is 0 Å². The van der Waals surface area contributed by atoms with Gasteiger partial charge >= 0.3 is 0 Å². The summed E-state index contributed by atoms with van der Waals surface area (Å²) < 4.78 is 27.1. The van der Waals surface area contributed by atoms with Crippen molar-refractivity contribution in [2.75, 3.05) is 12.9 Å². The first-order valence-electron chi connectivity index (χ1n) is 4.28. The smallest absolute Gasteiger partial charge is 0.187 e. The Morgan fingerprint density at radius 1 is 1.13 bits per heavy atom. The lowest BCUT2D eigenvalue weighted by Crippen LogP contribution is -2.60. The molecule has 1 rings (SSSR count). The van der Waals surface area contributed by atoms with Crippen LogP contribution in [0.15, 0.2) is 0 Å². The van der Waals surface area contributed by atoms with Gasteiger partial charge in [-0.2, -0.15) is 0 Å². The molecule has 7 nitrogen and oxygen atoms in total. The van der Waals surface area contributed by atoms with E-state index in [0.717, 1.165) is 6.26 Å². The normalized spacial score (nSPS) is 42.9. The van der Waals surface area contributed by atoms with Crippen LogP contribution < -0.4 is 0 Å². The predicted molar refractivity (Wildman–Crippen MR) is 48.6 cm³/mol. The molecule has 0 aromatic carbocycles. The van der Waals surface area contributed by atoms with Gasteiger partial charge in [-0.15, -0.1) is 0 Å². The van der Waals surface area contributed by atoms with Crippen molar-refractivity contribution in [3.8, 4) is 0 Å². The predicted octanol–water partition coefficient (Wildman–Crippen LogP) is -3.17. The molecule has 0 aromatic rings. The van der Waals surface area contributed by atoms with E-state index in [2.05, 4.69) is 0 Å². The van der Waals surface area contributed by atoms with Crippen LogP contribution in [-0.2, 0) is 14.6 Å². The summed E-state index contributed by atoms with van der Waals surface area (Å²) in [5.41, 5.74) is -1.63. The third-order valence-electron chi connectivity index (χ3n) is 2.27. The quantitative estimate of drug-likeness (QED) is 0.402. The van der Waals surface area contributed by atoms with Crippen molar-refractivity contribution in [2.24, 2.45) is 0 Å². The lowest BCUT2D eigenvalue weighted by atomic mass is 10.0. The van der Waals surface area contributed by atoms with E-state index in [4.69, 9.17) is 9.84 Å². The van der Waals surface area contributed by atoms with Gasteiger partial charge in [0.05, 0.1) is 6.61 Å². The van der Waals surface area contributed by atoms with E-state index in [0.29, 0.717) is 0 Å². The number of rotatable bonds is 2. The first-order chi connectivity index (χ1) is 6.79. The van der Waals surface area contributed by atoms with Gasteiger partial charge in [-0.3, -0.25) is 0 Å². The van der Waals surface area contributed by atoms with Crippen molar-refractivity contribution in [3.63, 3.8) is 0 Å². The largest absolute Gasteiger partial charge is 0.394 e. The zero-order chi connectivity index (χ0) is 11.8. The number of hydrogen-bond donors (Lipinski definition) is 4. The van der Waals surface area contributed by atoms with Crippen LogP contribution in [0.1, 0.15) is 0 Å². The maximum Gasteiger partial charge on any atom is 0.187 e. The Bertz CT molecular complexity index is 311. The lowest BCUT2D eigenvalue weighted by molar-refractivity contribution is -0.207. The van der Waals surface area contributed by atoms with Crippen molar-refractivity contribution in [1.82, 2.24) is 0 Å². The molecule has 0 radical (unpaired) electrons. The lowest BCUT2D eigenvalue weighted by Gasteiger charge is -2.38. The molecular weight excluding hydrogens is 228 g/mol. The number of ether oxygens (including phenoxy) is 1. The van der Waals surface area contributed by atoms with E-state index >= 15 is 0 Å². The van der Waals surface area contributed by atoms with Crippen LogP contribution in [0.4, 0.5) is 0 Å². The maximum atomic E-state index is 11.2. The molecule has 8 heteroatoms. The summed E-state index contributed by atoms with van der Waals surface area (Å²) >= 11 is 0. The number of aliphatic hydroxyl groups is 4. The summed E-state index contributed by atoms with van der Waals surface area (Å²) in [4.78, 5) is 0. The average molecular weight is 242 g/mol. The highest BCUT2D eigenvalue weighted by molar-refractivity contribution is 7.91. The Kier molecular flexibility index (Phi) is 3.69. The van der Waals surface area contributed by atoms with Gasteiger partial charge in [-0.25, -0.2) is 8.42 Å². The second kappa shape index (κ2) is 4.32. The monoisotopic (exact) mass is 242 g/mol. The van der Waals surface area contributed by atoms with Gasteiger partial charge in [-0.05, 0) is 0 Å². The molecule has 15 heavy (non-hydrogen) atoms. The number of hydrogen-bond acceptors (Lipinski definition) is 7. The van der Waals surface area contributed by atoms with Crippen molar-refractivity contribution < 1.29 is 33.6 Å². The molecule has 1 saturated heterocycles. The van der Waals surface area contributed by atoms with Crippen molar-refractivity contribution >= 4 is 9.84 Å². The summed E-state index contributed by atoms with van der Waals surface area (Å²) in [7, 11) is -3.73. The molecule has 0 bridgehead atoms. The fraction of sp³-hybridized carbons (Fsp3) is 1.00. The molecule has 0 amide bonds. The molecule has 0 saturated carbocycles. The second-order valence-corrected chi connectivity index (χ2v) is 5.65. The van der Waals surface area contributed by atoms with Crippen LogP contribution in [0.3, 0.4) is 0 Å². The van der Waals surface area contributed by atoms with Gasteiger partial charge in [0.15, 0.2) is 15.3 Å². The Morgan fingerprint density at radius 2 is 1.67 bits per heavy atom. The van der Waals surface area contributed by atoms with Gasteiger partial charge in [0.25, 0.3) is 0 Å². The highest BCUT2D eigenvalue weighted by Gasteiger charge is 2.47. The highest BCUT2D eigenvalue weighted by atomic mass is 32.2. The summed E-state index contributed by atoms with van der Waals surface area (Å²) in [6.07, 6.45) is -5.28. The molecule has 0 spiro atoms. The minimum Gasteiger partial charge on any atom is -0.394 e. The van der Waals surface area contributed by atoms with E-state index in [9.17, 15) is 23.7 Å². The molecule has 1 heterocycles. The average Bonchev–Trinajstić information content (AvgIpc) is 2.13. The van der Waals surface area contributed by atoms with E-state index in [1.165, 1.54) is 0 Å². The first-order valence-corrected chi connectivity index (χ1v) is 6.24. The van der Waals surface area contributed by atoms with Crippen LogP contribution in [0.2, 0.25) is 0 Å². The molecule has 1 fully saturated rings. The molecular formula is C7H14O7S. The molecule has 1 aliphatic rings. The zero-order valence-electron chi connectivity index (χ0n) is 8.02. The summed E-state index contributed by atoms with van der Waals surface area (Å²) in [6.45, 7) is -0.642. The second-order valence-electron chi connectivity index (χ2n) is 3.53. The van der Waals surface area contributed by atoms with E-state index in [1.807, 2.05) is 0 Å². The standard InChI is InChI=1S/C7H14O7S/c1-15(12,13)7-6(11)5(10)4(9)3(2-8)14-7/h3-11H,2H2,1H3/t3-,4-,5+,6+,7+/m1/s1. The molecule has 0 aliphatic carbocycles. The van der Waals surface area contributed by atoms with Gasteiger partial charge in [0, 0.05) is 6.26 Å². The number of aliphatic hydroxyl groups excluding tert-OH is 4. The molecule has 1 aliphatic heterocycles. The molecule has 0 unspecified atom stereocenters.